The van der Waals surface area contributed by atoms with E-state index in [2.05, 4.69) is 27.2 Å². The van der Waals surface area contributed by atoms with Gasteiger partial charge >= 0.3 is 6.03 Å². The van der Waals surface area contributed by atoms with E-state index in [0.717, 1.165) is 49.2 Å². The van der Waals surface area contributed by atoms with Crippen molar-refractivity contribution < 1.29 is 9.59 Å². The van der Waals surface area contributed by atoms with Gasteiger partial charge in [0, 0.05) is 38.0 Å². The largest absolute Gasteiger partial charge is 0.325 e. The molecule has 5 rings (SSSR count). The van der Waals surface area contributed by atoms with Crippen LogP contribution in [0.3, 0.4) is 0 Å². The maximum Gasteiger partial charge on any atom is 0.325 e. The number of benzene rings is 3. The number of nitrogens with one attached hydrogen (secondary N) is 1. The molecule has 0 unspecified atom stereocenters. The third-order valence-electron chi connectivity index (χ3n) is 7.58. The van der Waals surface area contributed by atoms with Gasteiger partial charge in [-0.15, -0.1) is 0 Å². The van der Waals surface area contributed by atoms with Crippen LogP contribution >= 0.6 is 0 Å². The molecule has 0 aliphatic carbocycles. The van der Waals surface area contributed by atoms with Crippen molar-refractivity contribution in [1.29, 1.82) is 0 Å². The molecule has 0 saturated carbocycles. The lowest BCUT2D eigenvalue weighted by Gasteiger charge is -2.34. The highest BCUT2D eigenvalue weighted by atomic mass is 16.2. The Balaban J connectivity index is 1.25. The average molecular weight is 479 g/mol. The lowest BCUT2D eigenvalue weighted by atomic mass is 9.81. The Morgan fingerprint density at radius 2 is 1.25 bits per heavy atom. The lowest BCUT2D eigenvalue weighted by molar-refractivity contribution is -0.130. The van der Waals surface area contributed by atoms with Crippen molar-refractivity contribution in [2.24, 2.45) is 0 Å². The van der Waals surface area contributed by atoms with Gasteiger partial charge in [0.25, 0.3) is 11.4 Å². The van der Waals surface area contributed by atoms with Gasteiger partial charge in [-0.2, -0.15) is 0 Å². The maximum absolute atomic E-state index is 13.8. The Kier molecular flexibility index (Phi) is 6.58. The molecule has 3 aromatic carbocycles. The monoisotopic (exact) mass is 478 g/mol. The number of hydrogen-bond donors (Lipinski definition) is 1. The highest BCUT2D eigenvalue weighted by Gasteiger charge is 2.53. The van der Waals surface area contributed by atoms with Gasteiger partial charge in [0.2, 0.25) is 0 Å². The van der Waals surface area contributed by atoms with Crippen LogP contribution in [0.1, 0.15) is 36.0 Å². The molecule has 0 radical (unpaired) electrons. The van der Waals surface area contributed by atoms with E-state index >= 15 is 0 Å². The zero-order valence-corrected chi connectivity index (χ0v) is 20.3. The quantitative estimate of drug-likeness (QED) is 0.393. The lowest BCUT2D eigenvalue weighted by Crippen LogP contribution is -2.45. The van der Waals surface area contributed by atoms with Crippen LogP contribution < -0.4 is 5.32 Å². The molecule has 2 aliphatic rings. The molecule has 2 aliphatic heterocycles. The summed E-state index contributed by atoms with van der Waals surface area (Å²) >= 11 is 0. The molecule has 2 saturated heterocycles. The maximum atomic E-state index is 13.8. The SMILES string of the molecule is [C-]#[N+]C1(c2ccccc2)CCN(CCCN2C(=O)NC(c3ccccc3)(c3ccccc3)C2=O)CC1. The number of hydrogen-bond acceptors (Lipinski definition) is 3. The molecular formula is C30H30N4O2. The minimum Gasteiger partial charge on any atom is -0.315 e. The van der Waals surface area contributed by atoms with Crippen LogP contribution in [0.5, 0.6) is 0 Å². The first-order chi connectivity index (χ1) is 17.6. The summed E-state index contributed by atoms with van der Waals surface area (Å²) < 4.78 is 0. The second-order valence-corrected chi connectivity index (χ2v) is 9.57. The first kappa shape index (κ1) is 23.8. The summed E-state index contributed by atoms with van der Waals surface area (Å²) in [6.45, 7) is 10.6. The molecule has 6 heteroatoms. The zero-order chi connectivity index (χ0) is 25.0. The summed E-state index contributed by atoms with van der Waals surface area (Å²) in [7, 11) is 0. The molecule has 0 bridgehead atoms. The first-order valence-corrected chi connectivity index (χ1v) is 12.5. The second-order valence-electron chi connectivity index (χ2n) is 9.57. The Bertz CT molecular complexity index is 1210. The summed E-state index contributed by atoms with van der Waals surface area (Å²) in [5, 5.41) is 3.02. The van der Waals surface area contributed by atoms with Gasteiger partial charge < -0.3 is 15.1 Å². The Morgan fingerprint density at radius 3 is 1.75 bits per heavy atom. The minimum absolute atomic E-state index is 0.236. The van der Waals surface area contributed by atoms with Gasteiger partial charge in [0.15, 0.2) is 5.54 Å². The average Bonchev–Trinajstić information content (AvgIpc) is 3.21. The fourth-order valence-corrected chi connectivity index (χ4v) is 5.53. The first-order valence-electron chi connectivity index (χ1n) is 12.5. The van der Waals surface area contributed by atoms with Gasteiger partial charge in [0.1, 0.15) is 0 Å². The number of nitrogens with zero attached hydrogens (tertiary/aromatic N) is 3. The number of imide groups is 1. The van der Waals surface area contributed by atoms with Gasteiger partial charge in [-0.25, -0.2) is 11.4 Å². The van der Waals surface area contributed by atoms with Gasteiger partial charge in [-0.3, -0.25) is 9.69 Å². The number of carbonyl (C=O) groups excluding carboxylic acids is 2. The van der Waals surface area contributed by atoms with E-state index < -0.39 is 11.1 Å². The van der Waals surface area contributed by atoms with Crippen LogP contribution in [0.4, 0.5) is 4.79 Å². The van der Waals surface area contributed by atoms with Crippen molar-refractivity contribution in [3.05, 3.63) is 119 Å². The van der Waals surface area contributed by atoms with Crippen molar-refractivity contribution in [2.45, 2.75) is 30.3 Å². The zero-order valence-electron chi connectivity index (χ0n) is 20.3. The van der Waals surface area contributed by atoms with Crippen LogP contribution in [0.2, 0.25) is 0 Å². The normalized spacial score (nSPS) is 19.0. The van der Waals surface area contributed by atoms with E-state index in [1.807, 2.05) is 78.9 Å². The van der Waals surface area contributed by atoms with Crippen LogP contribution in [0.15, 0.2) is 91.0 Å². The van der Waals surface area contributed by atoms with Gasteiger partial charge in [-0.1, -0.05) is 91.0 Å². The van der Waals surface area contributed by atoms with E-state index in [1.165, 1.54) is 4.90 Å². The minimum atomic E-state index is -1.21. The molecule has 2 heterocycles. The number of amides is 3. The van der Waals surface area contributed by atoms with E-state index in [4.69, 9.17) is 6.57 Å². The van der Waals surface area contributed by atoms with Crippen LogP contribution in [0.25, 0.3) is 4.85 Å². The highest BCUT2D eigenvalue weighted by Crippen LogP contribution is 2.38. The number of rotatable bonds is 7. The van der Waals surface area contributed by atoms with Gasteiger partial charge in [0.05, 0.1) is 0 Å². The van der Waals surface area contributed by atoms with Crippen molar-refractivity contribution >= 4 is 11.9 Å². The van der Waals surface area contributed by atoms with E-state index in [0.29, 0.717) is 13.0 Å². The van der Waals surface area contributed by atoms with Crippen molar-refractivity contribution in [3.8, 4) is 0 Å². The number of urea groups is 1. The predicted molar refractivity (Wildman–Crippen MR) is 139 cm³/mol. The Morgan fingerprint density at radius 1 is 0.750 bits per heavy atom. The van der Waals surface area contributed by atoms with Crippen molar-refractivity contribution in [2.75, 3.05) is 26.2 Å². The summed E-state index contributed by atoms with van der Waals surface area (Å²) in [5.41, 5.74) is 0.939. The number of piperidine rings is 1. The number of carbonyl (C=O) groups is 2. The summed E-state index contributed by atoms with van der Waals surface area (Å²) in [6.07, 6.45) is 2.26. The van der Waals surface area contributed by atoms with E-state index in [9.17, 15) is 9.59 Å². The molecule has 3 amide bonds. The molecule has 1 N–H and O–H groups in total. The summed E-state index contributed by atoms with van der Waals surface area (Å²) in [4.78, 5) is 34.6. The molecular weight excluding hydrogens is 448 g/mol. The second kappa shape index (κ2) is 9.96. The molecule has 0 spiro atoms. The molecule has 36 heavy (non-hydrogen) atoms. The molecule has 3 aromatic rings. The molecule has 182 valence electrons. The van der Waals surface area contributed by atoms with E-state index in [1.54, 1.807) is 0 Å². The molecule has 6 nitrogen and oxygen atoms in total. The fourth-order valence-electron chi connectivity index (χ4n) is 5.53. The van der Waals surface area contributed by atoms with Crippen LogP contribution in [-0.2, 0) is 15.9 Å². The molecule has 2 fully saturated rings. The summed E-state index contributed by atoms with van der Waals surface area (Å²) in [5.74, 6) is -0.236. The van der Waals surface area contributed by atoms with E-state index in [-0.39, 0.29) is 11.9 Å². The topological polar surface area (TPSA) is 57.0 Å². The molecule has 0 aromatic heterocycles. The van der Waals surface area contributed by atoms with Gasteiger partial charge in [-0.05, 0) is 24.1 Å². The smallest absolute Gasteiger partial charge is 0.315 e. The fraction of sp³-hybridized carbons (Fsp3) is 0.300. The van der Waals surface area contributed by atoms with Crippen molar-refractivity contribution in [1.82, 2.24) is 15.1 Å². The Hall–Kier alpha value is -3.95. The molecule has 0 atom stereocenters. The predicted octanol–water partition coefficient (Wildman–Crippen LogP) is 4.78. The van der Waals surface area contributed by atoms with Crippen LogP contribution in [0, 0.1) is 6.57 Å². The Labute approximate surface area is 212 Å². The van der Waals surface area contributed by atoms with Crippen molar-refractivity contribution in [3.63, 3.8) is 0 Å². The standard InChI is InChI=1S/C30H30N4O2/c1-31-29(24-12-5-2-6-13-24)18-22-33(23-19-29)20-11-21-34-27(35)30(32-28(34)36,25-14-7-3-8-15-25)26-16-9-4-10-17-26/h2-10,12-17H,11,18-23H2,(H,32,36). The van der Waals surface area contributed by atoms with Crippen LogP contribution in [-0.4, -0.2) is 47.9 Å². The summed E-state index contributed by atoms with van der Waals surface area (Å²) in [6, 6.07) is 28.6. The highest BCUT2D eigenvalue weighted by molar-refractivity contribution is 6.09. The third-order valence-corrected chi connectivity index (χ3v) is 7.58. The number of likely N-dealkylation sites (tertiary alicyclic amines) is 1. The third kappa shape index (κ3) is 4.16.